The van der Waals surface area contributed by atoms with Crippen molar-refractivity contribution >= 4 is 17.9 Å². The van der Waals surface area contributed by atoms with E-state index in [1.807, 2.05) is 0 Å². The van der Waals surface area contributed by atoms with Gasteiger partial charge >= 0.3 is 11.9 Å². The third-order valence-corrected chi connectivity index (χ3v) is 8.30. The predicted molar refractivity (Wildman–Crippen MR) is 161 cm³/mol. The molecule has 0 rings (SSSR count). The Balaban J connectivity index is 4.39. The minimum atomic E-state index is -1.01. The Morgan fingerprint density at radius 2 is 0.725 bits per heavy atom. The molecule has 0 aliphatic rings. The highest BCUT2D eigenvalue weighted by Gasteiger charge is 2.26. The molecule has 0 aromatic rings. The average molecular weight is 570 g/mol. The number of unbranched alkanes of at least 4 members (excludes halogenated alkanes) is 18. The van der Waals surface area contributed by atoms with Gasteiger partial charge in [0.15, 0.2) is 0 Å². The molecule has 0 fully saturated rings. The molecule has 40 heavy (non-hydrogen) atoms. The van der Waals surface area contributed by atoms with Gasteiger partial charge in [-0.15, -0.1) is 0 Å². The third kappa shape index (κ3) is 26.6. The number of quaternary nitrogens is 1. The number of aliphatic carboxylic acids is 3. The first-order valence-corrected chi connectivity index (χ1v) is 16.8. The summed E-state index contributed by atoms with van der Waals surface area (Å²) in [6.45, 7) is 5.90. The van der Waals surface area contributed by atoms with Crippen molar-refractivity contribution in [1.29, 1.82) is 0 Å². The lowest BCUT2D eigenvalue weighted by atomic mass is 10.0. The van der Waals surface area contributed by atoms with Crippen LogP contribution in [0.4, 0.5) is 0 Å². The molecule has 0 heterocycles. The Labute approximate surface area is 245 Å². The summed E-state index contributed by atoms with van der Waals surface area (Å²) >= 11 is 0. The quantitative estimate of drug-likeness (QED) is 0.0640. The monoisotopic (exact) mass is 569 g/mol. The van der Waals surface area contributed by atoms with Gasteiger partial charge in [0.1, 0.15) is 0 Å². The molecule has 0 spiro atoms. The molecular formula is C33H63NO6. The summed E-state index contributed by atoms with van der Waals surface area (Å²) in [6, 6.07) is 0. The lowest BCUT2D eigenvalue weighted by molar-refractivity contribution is -0.929. The highest BCUT2D eigenvalue weighted by molar-refractivity contribution is 5.66. The van der Waals surface area contributed by atoms with Gasteiger partial charge in [-0.1, -0.05) is 96.8 Å². The van der Waals surface area contributed by atoms with Gasteiger partial charge in [-0.3, -0.25) is 9.59 Å². The van der Waals surface area contributed by atoms with Gasteiger partial charge in [0.25, 0.3) is 0 Å². The van der Waals surface area contributed by atoms with Gasteiger partial charge in [-0.25, -0.2) is 0 Å². The maximum Gasteiger partial charge on any atom is 0.303 e. The summed E-state index contributed by atoms with van der Waals surface area (Å²) in [4.78, 5) is 32.9. The summed E-state index contributed by atoms with van der Waals surface area (Å²) < 4.78 is 0.852. The molecule has 0 atom stereocenters. The number of carboxylic acid groups (broad SMARTS) is 3. The number of hydrogen-bond donors (Lipinski definition) is 2. The van der Waals surface area contributed by atoms with Crippen LogP contribution in [0.25, 0.3) is 0 Å². The van der Waals surface area contributed by atoms with Gasteiger partial charge in [0, 0.05) is 18.8 Å². The number of carbonyl (C=O) groups is 3. The largest absolute Gasteiger partial charge is 0.550 e. The number of carboxylic acids is 3. The normalized spacial score (nSPS) is 11.6. The van der Waals surface area contributed by atoms with Crippen LogP contribution in [0.2, 0.25) is 0 Å². The fourth-order valence-electron chi connectivity index (χ4n) is 5.83. The van der Waals surface area contributed by atoms with Crippen molar-refractivity contribution in [2.45, 2.75) is 167 Å². The maximum absolute atomic E-state index is 11.0. The van der Waals surface area contributed by atoms with Crippen molar-refractivity contribution in [3.05, 3.63) is 0 Å². The van der Waals surface area contributed by atoms with Crippen LogP contribution in [0.3, 0.4) is 0 Å². The van der Waals surface area contributed by atoms with E-state index in [1.165, 1.54) is 96.3 Å². The average Bonchev–Trinajstić information content (AvgIpc) is 2.91. The second-order valence-electron chi connectivity index (χ2n) is 12.1. The molecule has 0 saturated carbocycles. The van der Waals surface area contributed by atoms with E-state index in [9.17, 15) is 19.5 Å². The molecule has 2 N–H and O–H groups in total. The van der Waals surface area contributed by atoms with Crippen molar-refractivity contribution in [3.8, 4) is 0 Å². The summed E-state index contributed by atoms with van der Waals surface area (Å²) in [5.41, 5.74) is 0. The Kier molecular flexibility index (Phi) is 26.4. The fraction of sp³-hybridized carbons (Fsp3) is 0.909. The zero-order valence-corrected chi connectivity index (χ0v) is 26.0. The Bertz CT molecular complexity index is 569. The van der Waals surface area contributed by atoms with E-state index < -0.39 is 17.9 Å². The highest BCUT2D eigenvalue weighted by Crippen LogP contribution is 2.20. The predicted octanol–water partition coefficient (Wildman–Crippen LogP) is 7.49. The molecule has 0 saturated heterocycles. The van der Waals surface area contributed by atoms with Crippen molar-refractivity contribution in [2.75, 3.05) is 26.2 Å². The lowest BCUT2D eigenvalue weighted by Crippen LogP contribution is -2.51. The molecule has 236 valence electrons. The van der Waals surface area contributed by atoms with E-state index in [-0.39, 0.29) is 19.3 Å². The molecule has 0 radical (unpaired) electrons. The summed E-state index contributed by atoms with van der Waals surface area (Å²) in [5, 5.41) is 28.9. The Morgan fingerprint density at radius 1 is 0.450 bits per heavy atom. The van der Waals surface area contributed by atoms with Crippen LogP contribution in [0.5, 0.6) is 0 Å². The fourth-order valence-corrected chi connectivity index (χ4v) is 5.83. The van der Waals surface area contributed by atoms with Crippen molar-refractivity contribution in [3.63, 3.8) is 0 Å². The van der Waals surface area contributed by atoms with E-state index in [4.69, 9.17) is 10.2 Å². The molecule has 0 bridgehead atoms. The SMILES string of the molecule is CCCCCCCCCCCCCCCCCC[N+](CCCCC(=O)[O-])(CCCCC(=O)O)CCCCC(=O)O. The van der Waals surface area contributed by atoms with Crippen molar-refractivity contribution < 1.29 is 34.2 Å². The second-order valence-corrected chi connectivity index (χ2v) is 12.1. The minimum absolute atomic E-state index is 0.0665. The second kappa shape index (κ2) is 27.5. The molecule has 0 unspecified atom stereocenters. The summed E-state index contributed by atoms with van der Waals surface area (Å²) in [7, 11) is 0. The Hall–Kier alpha value is -1.63. The maximum atomic E-state index is 11.0. The standard InChI is InChI=1S/C33H63NO6/c1-2-3-4-5-6-7-8-9-10-11-12-13-14-15-16-20-27-34(28-21-17-24-31(35)36,29-22-18-25-32(37)38)30-23-19-26-33(39)40/h2-30H2,1H3,(H2-,35,36,37,38,39,40). The Morgan fingerprint density at radius 3 is 1.02 bits per heavy atom. The molecule has 0 aromatic carbocycles. The molecule has 0 aromatic heterocycles. The highest BCUT2D eigenvalue weighted by atomic mass is 16.4. The zero-order chi connectivity index (χ0) is 29.7. The summed E-state index contributed by atoms with van der Waals surface area (Å²) in [6.07, 6.45) is 26.0. The third-order valence-electron chi connectivity index (χ3n) is 8.30. The van der Waals surface area contributed by atoms with Gasteiger partial charge in [-0.2, -0.15) is 0 Å². The molecule has 7 heteroatoms. The van der Waals surface area contributed by atoms with Crippen LogP contribution in [-0.2, 0) is 14.4 Å². The van der Waals surface area contributed by atoms with Crippen molar-refractivity contribution in [1.82, 2.24) is 0 Å². The van der Waals surface area contributed by atoms with E-state index in [0.717, 1.165) is 56.3 Å². The first-order chi connectivity index (χ1) is 19.3. The number of carbonyl (C=O) groups excluding carboxylic acids is 1. The van der Waals surface area contributed by atoms with E-state index in [1.54, 1.807) is 0 Å². The van der Waals surface area contributed by atoms with Crippen LogP contribution in [-0.4, -0.2) is 58.8 Å². The van der Waals surface area contributed by atoms with Crippen LogP contribution < -0.4 is 5.11 Å². The number of nitrogens with zero attached hydrogens (tertiary/aromatic N) is 1. The van der Waals surface area contributed by atoms with E-state index in [0.29, 0.717) is 19.3 Å². The molecule has 7 nitrogen and oxygen atoms in total. The molecule has 0 amide bonds. The first kappa shape index (κ1) is 38.4. The van der Waals surface area contributed by atoms with Crippen LogP contribution in [0.15, 0.2) is 0 Å². The molecular weight excluding hydrogens is 506 g/mol. The molecule has 0 aliphatic carbocycles. The number of rotatable bonds is 32. The van der Waals surface area contributed by atoms with Crippen LogP contribution in [0.1, 0.15) is 167 Å². The number of hydrogen-bond acceptors (Lipinski definition) is 4. The minimum Gasteiger partial charge on any atom is -0.550 e. The van der Waals surface area contributed by atoms with E-state index >= 15 is 0 Å². The van der Waals surface area contributed by atoms with Gasteiger partial charge in [0.2, 0.25) is 0 Å². The summed E-state index contributed by atoms with van der Waals surface area (Å²) in [5.74, 6) is -2.56. The van der Waals surface area contributed by atoms with Gasteiger partial charge in [0.05, 0.1) is 26.2 Å². The van der Waals surface area contributed by atoms with E-state index in [2.05, 4.69) is 6.92 Å². The van der Waals surface area contributed by atoms with Crippen LogP contribution >= 0.6 is 0 Å². The molecule has 0 aliphatic heterocycles. The zero-order valence-electron chi connectivity index (χ0n) is 26.0. The van der Waals surface area contributed by atoms with Crippen molar-refractivity contribution in [2.24, 2.45) is 0 Å². The van der Waals surface area contributed by atoms with Gasteiger partial charge in [-0.05, 0) is 57.8 Å². The lowest BCUT2D eigenvalue weighted by Gasteiger charge is -2.39. The topological polar surface area (TPSA) is 115 Å². The van der Waals surface area contributed by atoms with Gasteiger partial charge < -0.3 is 24.6 Å². The smallest absolute Gasteiger partial charge is 0.303 e. The first-order valence-electron chi connectivity index (χ1n) is 16.8. The van der Waals surface area contributed by atoms with Crippen LogP contribution in [0, 0.1) is 0 Å².